The summed E-state index contributed by atoms with van der Waals surface area (Å²) in [5.74, 6) is 0.227. The highest BCUT2D eigenvalue weighted by Gasteiger charge is 2.22. The van der Waals surface area contributed by atoms with Crippen molar-refractivity contribution in [3.8, 4) is 0 Å². The maximum absolute atomic E-state index is 11.0. The zero-order valence-electron chi connectivity index (χ0n) is 13.0. The SMILES string of the molecule is O=[N+]([O-])c1ccccc1C(O)CSCC(O)c1ccccc1[N+](=O)[O-]. The van der Waals surface area contributed by atoms with E-state index in [1.165, 1.54) is 36.4 Å². The summed E-state index contributed by atoms with van der Waals surface area (Å²) in [6.45, 7) is 0. The Bertz CT molecular complexity index is 706. The summed E-state index contributed by atoms with van der Waals surface area (Å²) >= 11 is 1.15. The molecule has 0 amide bonds. The molecule has 2 aromatic rings. The number of aliphatic hydroxyl groups excluding tert-OH is 2. The summed E-state index contributed by atoms with van der Waals surface area (Å²) in [7, 11) is 0. The number of aliphatic hydroxyl groups is 2. The Kier molecular flexibility index (Phi) is 6.45. The molecule has 8 nitrogen and oxygen atoms in total. The first-order chi connectivity index (χ1) is 11.9. The lowest BCUT2D eigenvalue weighted by Crippen LogP contribution is -2.08. The van der Waals surface area contributed by atoms with E-state index in [0.717, 1.165) is 11.8 Å². The number of rotatable bonds is 8. The Balaban J connectivity index is 1.99. The van der Waals surface area contributed by atoms with E-state index in [1.54, 1.807) is 12.1 Å². The fraction of sp³-hybridized carbons (Fsp3) is 0.250. The first kappa shape index (κ1) is 18.8. The molecule has 0 fully saturated rings. The normalized spacial score (nSPS) is 13.2. The van der Waals surface area contributed by atoms with Gasteiger partial charge >= 0.3 is 0 Å². The van der Waals surface area contributed by atoms with E-state index in [4.69, 9.17) is 0 Å². The van der Waals surface area contributed by atoms with Crippen LogP contribution in [0.4, 0.5) is 11.4 Å². The Labute approximate surface area is 147 Å². The molecule has 9 heteroatoms. The van der Waals surface area contributed by atoms with E-state index in [1.807, 2.05) is 0 Å². The third kappa shape index (κ3) is 4.75. The average Bonchev–Trinajstić information content (AvgIpc) is 2.61. The minimum Gasteiger partial charge on any atom is -0.387 e. The number of benzene rings is 2. The maximum atomic E-state index is 11.0. The van der Waals surface area contributed by atoms with Crippen LogP contribution >= 0.6 is 11.8 Å². The molecule has 0 heterocycles. The third-order valence-electron chi connectivity index (χ3n) is 3.54. The van der Waals surface area contributed by atoms with E-state index in [9.17, 15) is 30.4 Å². The average molecular weight is 364 g/mol. The minimum atomic E-state index is -1.08. The van der Waals surface area contributed by atoms with Gasteiger partial charge in [0.25, 0.3) is 11.4 Å². The van der Waals surface area contributed by atoms with Gasteiger partial charge in [-0.3, -0.25) is 20.2 Å². The molecule has 2 N–H and O–H groups in total. The van der Waals surface area contributed by atoms with E-state index in [2.05, 4.69) is 0 Å². The smallest absolute Gasteiger partial charge is 0.275 e. The van der Waals surface area contributed by atoms with Crippen molar-refractivity contribution in [3.05, 3.63) is 79.9 Å². The van der Waals surface area contributed by atoms with Gasteiger partial charge in [0.1, 0.15) is 0 Å². The highest BCUT2D eigenvalue weighted by atomic mass is 32.2. The topological polar surface area (TPSA) is 127 Å². The Hall–Kier alpha value is -2.49. The van der Waals surface area contributed by atoms with Gasteiger partial charge in [-0.1, -0.05) is 24.3 Å². The van der Waals surface area contributed by atoms with Crippen LogP contribution in [0.15, 0.2) is 48.5 Å². The number of nitrogens with zero attached hydrogens (tertiary/aromatic N) is 2. The molecule has 0 saturated heterocycles. The quantitative estimate of drug-likeness (QED) is 0.544. The predicted octanol–water partition coefficient (Wildman–Crippen LogP) is 3.00. The molecule has 0 aliphatic carbocycles. The van der Waals surface area contributed by atoms with Crippen molar-refractivity contribution >= 4 is 23.1 Å². The summed E-state index contributed by atoms with van der Waals surface area (Å²) in [5.41, 5.74) is 0.0463. The van der Waals surface area contributed by atoms with Crippen molar-refractivity contribution in [2.45, 2.75) is 12.2 Å². The minimum absolute atomic E-state index is 0.114. The Morgan fingerprint density at radius 3 is 1.52 bits per heavy atom. The number of hydrogen-bond donors (Lipinski definition) is 2. The molecule has 0 saturated carbocycles. The molecular formula is C16H16N2O6S. The molecule has 0 spiro atoms. The number of hydrogen-bond acceptors (Lipinski definition) is 7. The highest BCUT2D eigenvalue weighted by molar-refractivity contribution is 7.99. The van der Waals surface area contributed by atoms with Crippen molar-refractivity contribution in [2.24, 2.45) is 0 Å². The second-order valence-corrected chi connectivity index (χ2v) is 6.28. The van der Waals surface area contributed by atoms with Crippen LogP contribution < -0.4 is 0 Å². The molecule has 0 aliphatic rings. The second-order valence-electron chi connectivity index (χ2n) is 5.20. The molecule has 0 aliphatic heterocycles. The van der Waals surface area contributed by atoms with Gasteiger partial charge in [-0.15, -0.1) is 0 Å². The number of thioether (sulfide) groups is 1. The molecule has 132 valence electrons. The monoisotopic (exact) mass is 364 g/mol. The van der Waals surface area contributed by atoms with Crippen molar-refractivity contribution in [1.82, 2.24) is 0 Å². The van der Waals surface area contributed by atoms with E-state index >= 15 is 0 Å². The van der Waals surface area contributed by atoms with Gasteiger partial charge in [-0.2, -0.15) is 11.8 Å². The number of para-hydroxylation sites is 2. The summed E-state index contributed by atoms with van der Waals surface area (Å²) in [6.07, 6.45) is -2.16. The molecule has 2 rings (SSSR count). The molecule has 2 aromatic carbocycles. The molecule has 0 aromatic heterocycles. The van der Waals surface area contributed by atoms with Crippen molar-refractivity contribution in [1.29, 1.82) is 0 Å². The fourth-order valence-electron chi connectivity index (χ4n) is 2.34. The zero-order chi connectivity index (χ0) is 18.4. The van der Waals surface area contributed by atoms with Gasteiger partial charge < -0.3 is 10.2 Å². The van der Waals surface area contributed by atoms with Crippen LogP contribution in [0.3, 0.4) is 0 Å². The molecular weight excluding hydrogens is 348 g/mol. The summed E-state index contributed by atoms with van der Waals surface area (Å²) in [5, 5.41) is 42.3. The standard InChI is InChI=1S/C16H16N2O6S/c19-15(11-5-1-3-7-13(11)17(21)22)9-25-10-16(20)12-6-2-4-8-14(12)18(23)24/h1-8,15-16,19-20H,9-10H2. The lowest BCUT2D eigenvalue weighted by molar-refractivity contribution is -0.386. The molecule has 0 radical (unpaired) electrons. The summed E-state index contributed by atoms with van der Waals surface area (Å²) in [4.78, 5) is 20.8. The highest BCUT2D eigenvalue weighted by Crippen LogP contribution is 2.30. The van der Waals surface area contributed by atoms with Gasteiger partial charge in [0, 0.05) is 23.6 Å². The van der Waals surface area contributed by atoms with Crippen molar-refractivity contribution < 1.29 is 20.1 Å². The molecule has 2 atom stereocenters. The summed E-state index contributed by atoms with van der Waals surface area (Å²) < 4.78 is 0. The zero-order valence-corrected chi connectivity index (χ0v) is 13.8. The van der Waals surface area contributed by atoms with E-state index < -0.39 is 22.1 Å². The van der Waals surface area contributed by atoms with Gasteiger partial charge in [-0.25, -0.2) is 0 Å². The van der Waals surface area contributed by atoms with Crippen LogP contribution in [0.1, 0.15) is 23.3 Å². The fourth-order valence-corrected chi connectivity index (χ4v) is 3.28. The van der Waals surface area contributed by atoms with Gasteiger partial charge in [0.15, 0.2) is 0 Å². The van der Waals surface area contributed by atoms with E-state index in [-0.39, 0.29) is 34.0 Å². The van der Waals surface area contributed by atoms with Crippen LogP contribution in [0.2, 0.25) is 0 Å². The van der Waals surface area contributed by atoms with Crippen LogP contribution in [-0.4, -0.2) is 31.6 Å². The second kappa shape index (κ2) is 8.56. The van der Waals surface area contributed by atoms with Gasteiger partial charge in [-0.05, 0) is 12.1 Å². The van der Waals surface area contributed by atoms with Gasteiger partial charge in [0.05, 0.1) is 33.2 Å². The first-order valence-corrected chi connectivity index (χ1v) is 8.47. The number of nitro groups is 2. The van der Waals surface area contributed by atoms with Crippen molar-refractivity contribution in [2.75, 3.05) is 11.5 Å². The van der Waals surface area contributed by atoms with Gasteiger partial charge in [0.2, 0.25) is 0 Å². The predicted molar refractivity (Wildman–Crippen MR) is 93.4 cm³/mol. The van der Waals surface area contributed by atoms with E-state index in [0.29, 0.717) is 0 Å². The molecule has 2 unspecified atom stereocenters. The Morgan fingerprint density at radius 2 is 1.16 bits per heavy atom. The lowest BCUT2D eigenvalue weighted by Gasteiger charge is -2.14. The maximum Gasteiger partial charge on any atom is 0.275 e. The van der Waals surface area contributed by atoms with Crippen molar-refractivity contribution in [3.63, 3.8) is 0 Å². The molecule has 0 bridgehead atoms. The number of nitro benzene ring substituents is 2. The van der Waals surface area contributed by atoms with Crippen LogP contribution in [0.5, 0.6) is 0 Å². The molecule has 25 heavy (non-hydrogen) atoms. The van der Waals surface area contributed by atoms with Crippen LogP contribution in [0, 0.1) is 20.2 Å². The van der Waals surface area contributed by atoms with Crippen LogP contribution in [-0.2, 0) is 0 Å². The van der Waals surface area contributed by atoms with Crippen LogP contribution in [0.25, 0.3) is 0 Å². The lowest BCUT2D eigenvalue weighted by atomic mass is 10.1. The largest absolute Gasteiger partial charge is 0.387 e. The Morgan fingerprint density at radius 1 is 0.800 bits per heavy atom. The first-order valence-electron chi connectivity index (χ1n) is 7.32. The summed E-state index contributed by atoms with van der Waals surface area (Å²) in [6, 6.07) is 11.8. The third-order valence-corrected chi connectivity index (χ3v) is 4.64.